The summed E-state index contributed by atoms with van der Waals surface area (Å²) < 4.78 is 0.928. The molecule has 2 nitrogen and oxygen atoms in total. The molecule has 0 aliphatic carbocycles. The summed E-state index contributed by atoms with van der Waals surface area (Å²) in [7, 11) is 0. The molecule has 0 saturated heterocycles. The SMILES string of the molecule is O=C(Nc1ccc(CBr)cc1)c1ccc(I)c(Cl)c1. The fraction of sp³-hybridized carbons (Fsp3) is 0.0714. The molecule has 0 fully saturated rings. The number of alkyl halides is 1. The minimum Gasteiger partial charge on any atom is -0.322 e. The smallest absolute Gasteiger partial charge is 0.255 e. The lowest BCUT2D eigenvalue weighted by atomic mass is 10.2. The average Bonchev–Trinajstić information content (AvgIpc) is 2.42. The first-order valence-corrected chi connectivity index (χ1v) is 8.09. The summed E-state index contributed by atoms with van der Waals surface area (Å²) >= 11 is 11.5. The van der Waals surface area contributed by atoms with Crippen molar-refractivity contribution in [2.45, 2.75) is 5.33 Å². The number of amides is 1. The molecule has 0 aliphatic heterocycles. The van der Waals surface area contributed by atoms with E-state index in [0.717, 1.165) is 20.2 Å². The maximum atomic E-state index is 12.1. The van der Waals surface area contributed by atoms with E-state index >= 15 is 0 Å². The van der Waals surface area contributed by atoms with E-state index in [4.69, 9.17) is 11.6 Å². The summed E-state index contributed by atoms with van der Waals surface area (Å²) in [6.07, 6.45) is 0. The Labute approximate surface area is 138 Å². The highest BCUT2D eigenvalue weighted by Crippen LogP contribution is 2.20. The first kappa shape index (κ1) is 14.8. The van der Waals surface area contributed by atoms with E-state index < -0.39 is 0 Å². The summed E-state index contributed by atoms with van der Waals surface area (Å²) in [5.41, 5.74) is 2.48. The summed E-state index contributed by atoms with van der Waals surface area (Å²) in [5, 5.41) is 4.23. The van der Waals surface area contributed by atoms with Crippen LogP contribution in [0.1, 0.15) is 15.9 Å². The van der Waals surface area contributed by atoms with Gasteiger partial charge in [0.2, 0.25) is 0 Å². The van der Waals surface area contributed by atoms with Gasteiger partial charge in [0.25, 0.3) is 5.91 Å². The normalized spacial score (nSPS) is 10.3. The van der Waals surface area contributed by atoms with Crippen molar-refractivity contribution in [1.82, 2.24) is 0 Å². The Morgan fingerprint density at radius 1 is 1.21 bits per heavy atom. The molecule has 0 spiro atoms. The Balaban J connectivity index is 2.13. The fourth-order valence-corrected chi connectivity index (χ4v) is 2.41. The van der Waals surface area contributed by atoms with Gasteiger partial charge in [-0.3, -0.25) is 4.79 Å². The van der Waals surface area contributed by atoms with E-state index in [2.05, 4.69) is 43.8 Å². The van der Waals surface area contributed by atoms with Crippen molar-refractivity contribution >= 4 is 61.7 Å². The Morgan fingerprint density at radius 2 is 1.89 bits per heavy atom. The molecule has 19 heavy (non-hydrogen) atoms. The van der Waals surface area contributed by atoms with E-state index in [9.17, 15) is 4.79 Å². The van der Waals surface area contributed by atoms with Crippen LogP contribution in [0.5, 0.6) is 0 Å². The quantitative estimate of drug-likeness (QED) is 0.512. The van der Waals surface area contributed by atoms with Crippen LogP contribution in [0.25, 0.3) is 0 Å². The van der Waals surface area contributed by atoms with Gasteiger partial charge in [-0.1, -0.05) is 39.7 Å². The zero-order valence-corrected chi connectivity index (χ0v) is 14.3. The Morgan fingerprint density at radius 3 is 2.47 bits per heavy atom. The molecular weight excluding hydrogens is 440 g/mol. The van der Waals surface area contributed by atoms with Crippen LogP contribution in [0.15, 0.2) is 42.5 Å². The predicted octanol–water partition coefficient (Wildman–Crippen LogP) is 5.09. The zero-order valence-electron chi connectivity index (χ0n) is 9.79. The van der Waals surface area contributed by atoms with E-state index in [-0.39, 0.29) is 5.91 Å². The maximum Gasteiger partial charge on any atom is 0.255 e. The molecule has 2 aromatic carbocycles. The second-order valence-electron chi connectivity index (χ2n) is 3.91. The molecule has 0 radical (unpaired) electrons. The van der Waals surface area contributed by atoms with Crippen molar-refractivity contribution in [3.8, 4) is 0 Å². The van der Waals surface area contributed by atoms with Crippen molar-refractivity contribution in [2.75, 3.05) is 5.32 Å². The molecule has 0 saturated carbocycles. The Bertz CT molecular complexity index is 601. The van der Waals surface area contributed by atoms with Gasteiger partial charge in [0, 0.05) is 20.2 Å². The van der Waals surface area contributed by atoms with Crippen molar-refractivity contribution < 1.29 is 4.79 Å². The molecule has 5 heteroatoms. The second kappa shape index (κ2) is 6.72. The molecule has 0 atom stereocenters. The highest BCUT2D eigenvalue weighted by Gasteiger charge is 2.08. The van der Waals surface area contributed by atoms with Crippen LogP contribution >= 0.6 is 50.1 Å². The van der Waals surface area contributed by atoms with E-state index in [1.165, 1.54) is 0 Å². The molecular formula is C14H10BrClINO. The number of hydrogen-bond donors (Lipinski definition) is 1. The van der Waals surface area contributed by atoms with Gasteiger partial charge in [0.05, 0.1) is 5.02 Å². The van der Waals surface area contributed by atoms with Crippen LogP contribution < -0.4 is 5.32 Å². The maximum absolute atomic E-state index is 12.1. The zero-order chi connectivity index (χ0) is 13.8. The second-order valence-corrected chi connectivity index (χ2v) is 6.04. The number of hydrogen-bond acceptors (Lipinski definition) is 1. The Kier molecular flexibility index (Phi) is 5.24. The van der Waals surface area contributed by atoms with Crippen molar-refractivity contribution in [1.29, 1.82) is 0 Å². The van der Waals surface area contributed by atoms with Gasteiger partial charge in [-0.15, -0.1) is 0 Å². The van der Waals surface area contributed by atoms with Gasteiger partial charge in [-0.25, -0.2) is 0 Å². The van der Waals surface area contributed by atoms with Crippen LogP contribution in [0.4, 0.5) is 5.69 Å². The van der Waals surface area contributed by atoms with Gasteiger partial charge in [-0.2, -0.15) is 0 Å². The predicted molar refractivity (Wildman–Crippen MR) is 91.2 cm³/mol. The van der Waals surface area contributed by atoms with Gasteiger partial charge in [0.1, 0.15) is 0 Å². The van der Waals surface area contributed by atoms with Crippen LogP contribution in [-0.4, -0.2) is 5.91 Å². The molecule has 98 valence electrons. The molecule has 1 N–H and O–H groups in total. The molecule has 0 bridgehead atoms. The molecule has 2 rings (SSSR count). The highest BCUT2D eigenvalue weighted by molar-refractivity contribution is 14.1. The number of halogens is 3. The number of nitrogens with one attached hydrogen (secondary N) is 1. The number of carbonyl (C=O) groups excluding carboxylic acids is 1. The average molecular weight is 451 g/mol. The van der Waals surface area contributed by atoms with Gasteiger partial charge in [0.15, 0.2) is 0 Å². The highest BCUT2D eigenvalue weighted by atomic mass is 127. The molecule has 2 aromatic rings. The lowest BCUT2D eigenvalue weighted by molar-refractivity contribution is 0.102. The molecule has 1 amide bonds. The molecule has 0 unspecified atom stereocenters. The third-order valence-electron chi connectivity index (χ3n) is 2.55. The lowest BCUT2D eigenvalue weighted by Gasteiger charge is -2.06. The van der Waals surface area contributed by atoms with Gasteiger partial charge in [-0.05, 0) is 58.5 Å². The standard InChI is InChI=1S/C14H10BrClINO/c15-8-9-1-4-11(5-2-9)18-14(19)10-3-6-13(17)12(16)7-10/h1-7H,8H2,(H,18,19). The first-order valence-electron chi connectivity index (χ1n) is 5.51. The van der Waals surface area contributed by atoms with Crippen molar-refractivity contribution in [3.63, 3.8) is 0 Å². The van der Waals surface area contributed by atoms with Gasteiger partial charge >= 0.3 is 0 Å². The van der Waals surface area contributed by atoms with Crippen LogP contribution in [-0.2, 0) is 5.33 Å². The minimum atomic E-state index is -0.162. The summed E-state index contributed by atoms with van der Waals surface area (Å²) in [6.45, 7) is 0. The van der Waals surface area contributed by atoms with Crippen molar-refractivity contribution in [3.05, 3.63) is 62.2 Å². The van der Waals surface area contributed by atoms with Crippen LogP contribution in [0, 0.1) is 3.57 Å². The third kappa shape index (κ3) is 3.94. The first-order chi connectivity index (χ1) is 9.10. The van der Waals surface area contributed by atoms with E-state index in [1.54, 1.807) is 12.1 Å². The monoisotopic (exact) mass is 449 g/mol. The van der Waals surface area contributed by atoms with Crippen LogP contribution in [0.2, 0.25) is 5.02 Å². The summed E-state index contributed by atoms with van der Waals surface area (Å²) in [4.78, 5) is 12.1. The number of carbonyl (C=O) groups is 1. The van der Waals surface area contributed by atoms with Crippen LogP contribution in [0.3, 0.4) is 0 Å². The lowest BCUT2D eigenvalue weighted by Crippen LogP contribution is -2.11. The van der Waals surface area contributed by atoms with E-state index in [1.807, 2.05) is 30.3 Å². The molecule has 0 heterocycles. The molecule has 0 aliphatic rings. The topological polar surface area (TPSA) is 29.1 Å². The Hall–Kier alpha value is -0.590. The third-order valence-corrected chi connectivity index (χ3v) is 4.77. The van der Waals surface area contributed by atoms with E-state index in [0.29, 0.717) is 10.6 Å². The van der Waals surface area contributed by atoms with Gasteiger partial charge < -0.3 is 5.32 Å². The number of benzene rings is 2. The molecule has 0 aromatic heterocycles. The largest absolute Gasteiger partial charge is 0.322 e. The summed E-state index contributed by atoms with van der Waals surface area (Å²) in [5.74, 6) is -0.162. The minimum absolute atomic E-state index is 0.162. The number of rotatable bonds is 3. The van der Waals surface area contributed by atoms with Crippen molar-refractivity contribution in [2.24, 2.45) is 0 Å². The number of anilines is 1. The summed E-state index contributed by atoms with van der Waals surface area (Å²) in [6, 6.07) is 12.9. The fourth-order valence-electron chi connectivity index (χ4n) is 1.52.